The summed E-state index contributed by atoms with van der Waals surface area (Å²) < 4.78 is 0. The van der Waals surface area contributed by atoms with Crippen LogP contribution in [-0.2, 0) is 9.63 Å². The van der Waals surface area contributed by atoms with Crippen molar-refractivity contribution in [3.05, 3.63) is 71.9 Å². The average molecular weight is 320 g/mol. The first-order valence-corrected chi connectivity index (χ1v) is 7.41. The molecule has 0 unspecified atom stereocenters. The van der Waals surface area contributed by atoms with Crippen LogP contribution in [0.1, 0.15) is 11.1 Å². The first kappa shape index (κ1) is 15.5. The second-order valence-corrected chi connectivity index (χ2v) is 5.00. The summed E-state index contributed by atoms with van der Waals surface area (Å²) in [7, 11) is 0. The van der Waals surface area contributed by atoms with E-state index in [1.165, 1.54) is 0 Å². The first-order chi connectivity index (χ1) is 11.8. The van der Waals surface area contributed by atoms with E-state index in [1.807, 2.05) is 60.8 Å². The predicted octanol–water partition coefficient (Wildman–Crippen LogP) is 2.67. The van der Waals surface area contributed by atoms with Gasteiger partial charge in [-0.3, -0.25) is 4.79 Å². The third kappa shape index (κ3) is 4.07. The van der Waals surface area contributed by atoms with Gasteiger partial charge in [0.15, 0.2) is 6.61 Å². The SMILES string of the molecule is O=C(CO/N=C/c1ccccc1)NN=Cc1c[nH]c2ccccc12. The zero-order valence-corrected chi connectivity index (χ0v) is 12.8. The highest BCUT2D eigenvalue weighted by Gasteiger charge is 2.01. The van der Waals surface area contributed by atoms with Crippen molar-refractivity contribution in [3.63, 3.8) is 0 Å². The fourth-order valence-corrected chi connectivity index (χ4v) is 2.14. The van der Waals surface area contributed by atoms with Crippen molar-refractivity contribution in [1.82, 2.24) is 10.4 Å². The number of fused-ring (bicyclic) bond motifs is 1. The summed E-state index contributed by atoms with van der Waals surface area (Å²) in [5, 5.41) is 8.70. The molecular weight excluding hydrogens is 304 g/mol. The lowest BCUT2D eigenvalue weighted by Gasteiger charge is -1.98. The first-order valence-electron chi connectivity index (χ1n) is 7.41. The minimum absolute atomic E-state index is 0.200. The highest BCUT2D eigenvalue weighted by molar-refractivity contribution is 5.99. The Bertz CT molecular complexity index is 869. The van der Waals surface area contributed by atoms with Crippen LogP contribution in [0.15, 0.2) is 71.1 Å². The highest BCUT2D eigenvalue weighted by Crippen LogP contribution is 2.15. The number of para-hydroxylation sites is 1. The number of H-pyrrole nitrogens is 1. The molecule has 2 aromatic carbocycles. The average Bonchev–Trinajstić information content (AvgIpc) is 3.03. The third-order valence-electron chi connectivity index (χ3n) is 3.29. The Balaban J connectivity index is 1.46. The van der Waals surface area contributed by atoms with Gasteiger partial charge in [-0.25, -0.2) is 5.43 Å². The van der Waals surface area contributed by atoms with E-state index in [0.29, 0.717) is 0 Å². The molecule has 0 aliphatic rings. The van der Waals surface area contributed by atoms with E-state index in [0.717, 1.165) is 22.0 Å². The third-order valence-corrected chi connectivity index (χ3v) is 3.29. The molecule has 3 rings (SSSR count). The van der Waals surface area contributed by atoms with E-state index in [-0.39, 0.29) is 12.5 Å². The van der Waals surface area contributed by atoms with Gasteiger partial charge >= 0.3 is 0 Å². The minimum Gasteiger partial charge on any atom is -0.386 e. The van der Waals surface area contributed by atoms with E-state index in [4.69, 9.17) is 4.84 Å². The number of hydrogen-bond acceptors (Lipinski definition) is 4. The van der Waals surface area contributed by atoms with Crippen molar-refractivity contribution in [1.29, 1.82) is 0 Å². The van der Waals surface area contributed by atoms with Gasteiger partial charge in [0.2, 0.25) is 0 Å². The molecule has 6 nitrogen and oxygen atoms in total. The summed E-state index contributed by atoms with van der Waals surface area (Å²) in [6, 6.07) is 17.3. The molecule has 0 spiro atoms. The molecule has 0 fully saturated rings. The van der Waals surface area contributed by atoms with Crippen molar-refractivity contribution >= 4 is 29.2 Å². The second-order valence-electron chi connectivity index (χ2n) is 5.00. The standard InChI is InChI=1S/C18H16N4O2/c23-18(13-24-21-10-14-6-2-1-3-7-14)22-20-12-15-11-19-17-9-5-4-8-16(15)17/h1-12,19H,13H2,(H,22,23)/b20-12?,21-10+. The number of carbonyl (C=O) groups is 1. The molecule has 1 amide bonds. The molecule has 0 bridgehead atoms. The maximum atomic E-state index is 11.6. The Labute approximate surface area is 138 Å². The summed E-state index contributed by atoms with van der Waals surface area (Å²) in [5.74, 6) is -0.378. The maximum absolute atomic E-state index is 11.6. The Morgan fingerprint density at radius 2 is 1.88 bits per heavy atom. The molecule has 0 saturated heterocycles. The van der Waals surface area contributed by atoms with Gasteiger partial charge in [0, 0.05) is 22.7 Å². The van der Waals surface area contributed by atoms with Gasteiger partial charge in [-0.1, -0.05) is 53.7 Å². The Kier molecular flexibility index (Phi) is 4.99. The van der Waals surface area contributed by atoms with Crippen LogP contribution in [0, 0.1) is 0 Å². The van der Waals surface area contributed by atoms with Gasteiger partial charge in [-0.05, 0) is 11.6 Å². The molecule has 0 saturated carbocycles. The minimum atomic E-state index is -0.378. The number of oxime groups is 1. The summed E-state index contributed by atoms with van der Waals surface area (Å²) in [6.45, 7) is -0.200. The van der Waals surface area contributed by atoms with Crippen LogP contribution in [0.4, 0.5) is 0 Å². The number of aromatic amines is 1. The number of hydrogen-bond donors (Lipinski definition) is 2. The molecule has 0 aliphatic carbocycles. The van der Waals surface area contributed by atoms with Crippen LogP contribution in [-0.4, -0.2) is 29.9 Å². The van der Waals surface area contributed by atoms with Gasteiger partial charge in [0.1, 0.15) is 0 Å². The monoisotopic (exact) mass is 320 g/mol. The molecule has 24 heavy (non-hydrogen) atoms. The molecule has 120 valence electrons. The fourth-order valence-electron chi connectivity index (χ4n) is 2.14. The van der Waals surface area contributed by atoms with Crippen LogP contribution in [0.5, 0.6) is 0 Å². The van der Waals surface area contributed by atoms with E-state index < -0.39 is 0 Å². The second kappa shape index (κ2) is 7.73. The molecule has 6 heteroatoms. The quantitative estimate of drug-likeness (QED) is 0.541. The number of hydrazone groups is 1. The van der Waals surface area contributed by atoms with Gasteiger partial charge < -0.3 is 9.82 Å². The van der Waals surface area contributed by atoms with Crippen LogP contribution in [0.2, 0.25) is 0 Å². The number of rotatable bonds is 6. The lowest BCUT2D eigenvalue weighted by atomic mass is 10.2. The van der Waals surface area contributed by atoms with Crippen LogP contribution < -0.4 is 5.43 Å². The van der Waals surface area contributed by atoms with E-state index >= 15 is 0 Å². The van der Waals surface area contributed by atoms with Crippen molar-refractivity contribution in [2.45, 2.75) is 0 Å². The van der Waals surface area contributed by atoms with Crippen LogP contribution >= 0.6 is 0 Å². The zero-order chi connectivity index (χ0) is 16.6. The van der Waals surface area contributed by atoms with Crippen LogP contribution in [0.3, 0.4) is 0 Å². The molecule has 0 radical (unpaired) electrons. The predicted molar refractivity (Wildman–Crippen MR) is 94.0 cm³/mol. The number of carbonyl (C=O) groups excluding carboxylic acids is 1. The number of nitrogens with zero attached hydrogens (tertiary/aromatic N) is 2. The van der Waals surface area contributed by atoms with Crippen LogP contribution in [0.25, 0.3) is 10.9 Å². The van der Waals surface area contributed by atoms with Gasteiger partial charge in [0.05, 0.1) is 12.4 Å². The number of amides is 1. The highest BCUT2D eigenvalue weighted by atomic mass is 16.6. The normalized spacial score (nSPS) is 11.3. The smallest absolute Gasteiger partial charge is 0.280 e. The number of benzene rings is 2. The molecule has 1 heterocycles. The fraction of sp³-hybridized carbons (Fsp3) is 0.0556. The summed E-state index contributed by atoms with van der Waals surface area (Å²) in [5.41, 5.74) is 5.22. The Morgan fingerprint density at radius 1 is 1.08 bits per heavy atom. The molecule has 3 aromatic rings. The van der Waals surface area contributed by atoms with Crippen molar-refractivity contribution in [2.24, 2.45) is 10.3 Å². The summed E-state index contributed by atoms with van der Waals surface area (Å²) in [6.07, 6.45) is 4.97. The lowest BCUT2D eigenvalue weighted by Crippen LogP contribution is -2.22. The van der Waals surface area contributed by atoms with Crippen molar-refractivity contribution in [2.75, 3.05) is 6.61 Å². The molecular formula is C18H16N4O2. The van der Waals surface area contributed by atoms with Gasteiger partial charge in [0.25, 0.3) is 5.91 Å². The Hall–Kier alpha value is -3.41. The molecule has 0 atom stereocenters. The van der Waals surface area contributed by atoms with E-state index in [2.05, 4.69) is 20.7 Å². The maximum Gasteiger partial charge on any atom is 0.280 e. The van der Waals surface area contributed by atoms with Gasteiger partial charge in [-0.2, -0.15) is 5.10 Å². The van der Waals surface area contributed by atoms with Gasteiger partial charge in [-0.15, -0.1) is 0 Å². The topological polar surface area (TPSA) is 78.8 Å². The number of aromatic nitrogens is 1. The summed E-state index contributed by atoms with van der Waals surface area (Å²) >= 11 is 0. The van der Waals surface area contributed by atoms with Crippen molar-refractivity contribution < 1.29 is 9.63 Å². The number of nitrogens with one attached hydrogen (secondary N) is 2. The largest absolute Gasteiger partial charge is 0.386 e. The Morgan fingerprint density at radius 3 is 2.75 bits per heavy atom. The van der Waals surface area contributed by atoms with E-state index in [1.54, 1.807) is 12.4 Å². The molecule has 2 N–H and O–H groups in total. The molecule has 1 aromatic heterocycles. The summed E-state index contributed by atoms with van der Waals surface area (Å²) in [4.78, 5) is 19.7. The zero-order valence-electron chi connectivity index (χ0n) is 12.8. The van der Waals surface area contributed by atoms with E-state index in [9.17, 15) is 4.79 Å². The lowest BCUT2D eigenvalue weighted by molar-refractivity contribution is -0.125. The van der Waals surface area contributed by atoms with Crippen molar-refractivity contribution in [3.8, 4) is 0 Å². The molecule has 0 aliphatic heterocycles.